The summed E-state index contributed by atoms with van der Waals surface area (Å²) in [5.41, 5.74) is 0. The van der Waals surface area contributed by atoms with E-state index in [0.717, 1.165) is 22.3 Å². The second-order valence-electron chi connectivity index (χ2n) is 5.02. The fourth-order valence-electron chi connectivity index (χ4n) is 2.19. The largest absolute Gasteiger partial charge is 0.497 e. The molecule has 112 valence electrons. The van der Waals surface area contributed by atoms with Gasteiger partial charge in [0, 0.05) is 17.6 Å². The van der Waals surface area contributed by atoms with Crippen molar-refractivity contribution >= 4 is 22.6 Å². The smallest absolute Gasteiger partial charge is 0.325 e. The molecule has 5 nitrogen and oxygen atoms in total. The van der Waals surface area contributed by atoms with Crippen LogP contribution in [0.3, 0.4) is 0 Å². The van der Waals surface area contributed by atoms with Crippen molar-refractivity contribution < 1.29 is 14.3 Å². The number of hydrogen-bond acceptors (Lipinski definition) is 5. The minimum atomic E-state index is -0.287. The Morgan fingerprint density at radius 2 is 2.05 bits per heavy atom. The molecule has 0 aliphatic carbocycles. The minimum absolute atomic E-state index is 0.119. The molecule has 0 radical (unpaired) electrons. The van der Waals surface area contributed by atoms with E-state index in [1.54, 1.807) is 13.3 Å². The number of aromatic nitrogens is 1. The lowest BCUT2D eigenvalue weighted by Crippen LogP contribution is -2.37. The number of hydrogen-bond donors (Lipinski definition) is 0. The quantitative estimate of drug-likeness (QED) is 0.792. The molecule has 0 saturated heterocycles. The third-order valence-corrected chi connectivity index (χ3v) is 3.37. The highest BCUT2D eigenvalue weighted by Gasteiger charge is 2.18. The average Bonchev–Trinajstić information content (AvgIpc) is 2.51. The highest BCUT2D eigenvalue weighted by atomic mass is 16.5. The van der Waals surface area contributed by atoms with Crippen molar-refractivity contribution in [3.8, 4) is 5.75 Å². The summed E-state index contributed by atoms with van der Waals surface area (Å²) in [4.78, 5) is 18.0. The first kappa shape index (κ1) is 15.1. The van der Waals surface area contributed by atoms with Gasteiger partial charge in [-0.05, 0) is 37.4 Å². The Hall–Kier alpha value is -2.30. The van der Waals surface area contributed by atoms with Crippen molar-refractivity contribution in [3.05, 3.63) is 30.5 Å². The number of rotatable bonds is 5. The average molecular weight is 288 g/mol. The first-order chi connectivity index (χ1) is 10.1. The minimum Gasteiger partial charge on any atom is -0.497 e. The van der Waals surface area contributed by atoms with Gasteiger partial charge >= 0.3 is 5.97 Å². The van der Waals surface area contributed by atoms with Gasteiger partial charge in [-0.25, -0.2) is 4.98 Å². The van der Waals surface area contributed by atoms with Gasteiger partial charge in [0.25, 0.3) is 0 Å². The molecule has 0 aliphatic rings. The summed E-state index contributed by atoms with van der Waals surface area (Å²) in [7, 11) is 3.02. The van der Waals surface area contributed by atoms with E-state index in [1.807, 2.05) is 43.0 Å². The SMILES string of the molecule is COC(=O)CN(c1nccc2ccc(OC)cc12)C(C)C. The van der Waals surface area contributed by atoms with Crippen molar-refractivity contribution in [3.63, 3.8) is 0 Å². The summed E-state index contributed by atoms with van der Waals surface area (Å²) in [5.74, 6) is 1.23. The van der Waals surface area contributed by atoms with Crippen LogP contribution in [0.4, 0.5) is 5.82 Å². The third-order valence-electron chi connectivity index (χ3n) is 3.37. The van der Waals surface area contributed by atoms with Gasteiger partial charge in [-0.15, -0.1) is 0 Å². The number of benzene rings is 1. The summed E-state index contributed by atoms with van der Waals surface area (Å²) >= 11 is 0. The molecule has 1 aromatic heterocycles. The van der Waals surface area contributed by atoms with Crippen LogP contribution in [0.15, 0.2) is 30.5 Å². The van der Waals surface area contributed by atoms with Gasteiger partial charge in [0.05, 0.1) is 14.2 Å². The first-order valence-electron chi connectivity index (χ1n) is 6.83. The molecule has 2 aromatic rings. The molecule has 0 atom stereocenters. The zero-order valence-electron chi connectivity index (χ0n) is 12.8. The molecule has 0 spiro atoms. The Balaban J connectivity index is 2.53. The molecule has 5 heteroatoms. The van der Waals surface area contributed by atoms with Gasteiger partial charge in [-0.1, -0.05) is 6.07 Å². The fourth-order valence-corrected chi connectivity index (χ4v) is 2.19. The van der Waals surface area contributed by atoms with Crippen LogP contribution < -0.4 is 9.64 Å². The van der Waals surface area contributed by atoms with Crippen LogP contribution >= 0.6 is 0 Å². The summed E-state index contributed by atoms with van der Waals surface area (Å²) in [6.07, 6.45) is 1.75. The number of anilines is 1. The molecule has 1 aromatic carbocycles. The van der Waals surface area contributed by atoms with E-state index in [-0.39, 0.29) is 18.6 Å². The van der Waals surface area contributed by atoms with Gasteiger partial charge in [-0.3, -0.25) is 4.79 Å². The highest BCUT2D eigenvalue weighted by Crippen LogP contribution is 2.29. The van der Waals surface area contributed by atoms with E-state index in [4.69, 9.17) is 9.47 Å². The maximum Gasteiger partial charge on any atom is 0.325 e. The zero-order valence-corrected chi connectivity index (χ0v) is 12.8. The number of nitrogens with zero attached hydrogens (tertiary/aromatic N) is 2. The van der Waals surface area contributed by atoms with E-state index < -0.39 is 0 Å². The lowest BCUT2D eigenvalue weighted by atomic mass is 10.1. The van der Waals surface area contributed by atoms with Gasteiger partial charge < -0.3 is 14.4 Å². The van der Waals surface area contributed by atoms with Gasteiger partial charge in [0.15, 0.2) is 0 Å². The highest BCUT2D eigenvalue weighted by molar-refractivity contribution is 5.94. The number of fused-ring (bicyclic) bond motifs is 1. The van der Waals surface area contributed by atoms with Gasteiger partial charge in [0.1, 0.15) is 18.1 Å². The van der Waals surface area contributed by atoms with Crippen LogP contribution in [0.1, 0.15) is 13.8 Å². The normalized spacial score (nSPS) is 10.7. The molecule has 0 bridgehead atoms. The molecule has 1 heterocycles. The molecule has 0 amide bonds. The number of carbonyl (C=O) groups is 1. The molecule has 0 unspecified atom stereocenters. The number of esters is 1. The number of carbonyl (C=O) groups excluding carboxylic acids is 1. The predicted molar refractivity (Wildman–Crippen MR) is 82.8 cm³/mol. The van der Waals surface area contributed by atoms with Crippen molar-refractivity contribution in [2.45, 2.75) is 19.9 Å². The predicted octanol–water partition coefficient (Wildman–Crippen LogP) is 2.63. The first-order valence-corrected chi connectivity index (χ1v) is 6.83. The summed E-state index contributed by atoms with van der Waals surface area (Å²) in [6, 6.07) is 7.88. The van der Waals surface area contributed by atoms with E-state index in [0.29, 0.717) is 0 Å². The molecule has 0 N–H and O–H groups in total. The molecular formula is C16H20N2O3. The Morgan fingerprint density at radius 1 is 1.29 bits per heavy atom. The maximum absolute atomic E-state index is 11.6. The monoisotopic (exact) mass is 288 g/mol. The van der Waals surface area contributed by atoms with Crippen LogP contribution in [0.5, 0.6) is 5.75 Å². The standard InChI is InChI=1S/C16H20N2O3/c1-11(2)18(10-15(19)21-4)16-14-9-13(20-3)6-5-12(14)7-8-17-16/h5-9,11H,10H2,1-4H3. The van der Waals surface area contributed by atoms with Gasteiger partial charge in [-0.2, -0.15) is 0 Å². The Kier molecular flexibility index (Phi) is 4.62. The Labute approximate surface area is 124 Å². The lowest BCUT2D eigenvalue weighted by molar-refractivity contribution is -0.139. The van der Waals surface area contributed by atoms with Crippen molar-refractivity contribution in [2.75, 3.05) is 25.7 Å². The fraction of sp³-hybridized carbons (Fsp3) is 0.375. The van der Waals surface area contributed by atoms with Crippen molar-refractivity contribution in [2.24, 2.45) is 0 Å². The number of methoxy groups -OCH3 is 2. The maximum atomic E-state index is 11.6. The second-order valence-corrected chi connectivity index (χ2v) is 5.02. The summed E-state index contributed by atoms with van der Waals surface area (Å²) in [5, 5.41) is 2.01. The van der Waals surface area contributed by atoms with E-state index in [1.165, 1.54) is 7.11 Å². The Morgan fingerprint density at radius 3 is 2.67 bits per heavy atom. The van der Waals surface area contributed by atoms with Crippen LogP contribution in [0, 0.1) is 0 Å². The second kappa shape index (κ2) is 6.43. The number of ether oxygens (including phenoxy) is 2. The van der Waals surface area contributed by atoms with Crippen LogP contribution in [0.25, 0.3) is 10.8 Å². The van der Waals surface area contributed by atoms with Crippen LogP contribution in [0.2, 0.25) is 0 Å². The van der Waals surface area contributed by atoms with E-state index in [9.17, 15) is 4.79 Å². The Bertz CT molecular complexity index is 640. The number of pyridine rings is 1. The molecule has 2 rings (SSSR count). The molecule has 0 saturated carbocycles. The summed E-state index contributed by atoms with van der Waals surface area (Å²) < 4.78 is 10.1. The van der Waals surface area contributed by atoms with E-state index in [2.05, 4.69) is 4.98 Å². The van der Waals surface area contributed by atoms with Crippen LogP contribution in [-0.2, 0) is 9.53 Å². The molecule has 21 heavy (non-hydrogen) atoms. The zero-order chi connectivity index (χ0) is 15.4. The molecule has 0 aliphatic heterocycles. The topological polar surface area (TPSA) is 51.7 Å². The van der Waals surface area contributed by atoms with Crippen molar-refractivity contribution in [1.82, 2.24) is 4.98 Å². The van der Waals surface area contributed by atoms with Gasteiger partial charge in [0.2, 0.25) is 0 Å². The third kappa shape index (κ3) is 3.24. The lowest BCUT2D eigenvalue weighted by Gasteiger charge is -2.27. The molecular weight excluding hydrogens is 268 g/mol. The summed E-state index contributed by atoms with van der Waals surface area (Å²) in [6.45, 7) is 4.20. The van der Waals surface area contributed by atoms with E-state index >= 15 is 0 Å². The van der Waals surface area contributed by atoms with Crippen LogP contribution in [-0.4, -0.2) is 37.8 Å². The van der Waals surface area contributed by atoms with Crippen molar-refractivity contribution in [1.29, 1.82) is 0 Å². The molecule has 0 fully saturated rings.